The maximum absolute atomic E-state index is 14.1. The molecule has 3 aromatic carbocycles. The highest BCUT2D eigenvalue weighted by Gasteiger charge is 2.34. The summed E-state index contributed by atoms with van der Waals surface area (Å²) in [5.41, 5.74) is 1.59. The molecule has 276 valence electrons. The summed E-state index contributed by atoms with van der Waals surface area (Å²) in [4.78, 5) is 23.7. The second-order valence-corrected chi connectivity index (χ2v) is 13.7. The second-order valence-electron chi connectivity index (χ2n) is 13.3. The zero-order chi connectivity index (χ0) is 37.0. The molecule has 6 aromatic rings. The zero-order valence-electron chi connectivity index (χ0n) is 28.7. The summed E-state index contributed by atoms with van der Waals surface area (Å²) in [5, 5.41) is 23.5. The molecule has 0 unspecified atom stereocenters. The summed E-state index contributed by atoms with van der Waals surface area (Å²) >= 11 is 6.34. The number of piperidine rings is 1. The van der Waals surface area contributed by atoms with Crippen LogP contribution >= 0.6 is 11.6 Å². The van der Waals surface area contributed by atoms with E-state index < -0.39 is 17.2 Å². The van der Waals surface area contributed by atoms with Gasteiger partial charge in [0.2, 0.25) is 0 Å². The lowest BCUT2D eigenvalue weighted by Gasteiger charge is -2.32. The minimum atomic E-state index is -1.70. The first-order valence-electron chi connectivity index (χ1n) is 17.3. The van der Waals surface area contributed by atoms with Gasteiger partial charge in [-0.1, -0.05) is 17.7 Å². The molecule has 0 aliphatic carbocycles. The van der Waals surface area contributed by atoms with Gasteiger partial charge in [0.15, 0.2) is 0 Å². The summed E-state index contributed by atoms with van der Waals surface area (Å²) in [5.74, 6) is -1.34. The van der Waals surface area contributed by atoms with Crippen molar-refractivity contribution in [2.24, 2.45) is 0 Å². The highest BCUT2D eigenvalue weighted by atomic mass is 35.5. The Morgan fingerprint density at radius 1 is 0.849 bits per heavy atom. The number of fused-ring (bicyclic) bond motifs is 1. The summed E-state index contributed by atoms with van der Waals surface area (Å²) < 4.78 is 45.5. The molecule has 2 aliphatic heterocycles. The maximum Gasteiger partial charge on any atom is 0.317 e. The van der Waals surface area contributed by atoms with Crippen LogP contribution in [0.25, 0.3) is 16.6 Å². The second kappa shape index (κ2) is 15.8. The largest absolute Gasteiger partial charge is 0.381 e. The molecule has 8 rings (SSSR count). The lowest BCUT2D eigenvalue weighted by atomic mass is 9.89. The number of nitrogens with one attached hydrogen (secondary N) is 1. The minimum absolute atomic E-state index is 0.0556. The summed E-state index contributed by atoms with van der Waals surface area (Å²) in [7, 11) is 0. The van der Waals surface area contributed by atoms with Crippen molar-refractivity contribution in [3.05, 3.63) is 126 Å². The first-order chi connectivity index (χ1) is 25.6. The molecule has 3 aromatic heterocycles. The Morgan fingerprint density at radius 2 is 1.53 bits per heavy atom. The number of hydrogen-bond acceptors (Lipinski definition) is 7. The van der Waals surface area contributed by atoms with Crippen molar-refractivity contribution >= 4 is 28.5 Å². The Hall–Kier alpha value is -5.25. The summed E-state index contributed by atoms with van der Waals surface area (Å²) in [6.45, 7) is 5.15. The topological polar surface area (TPSA) is 122 Å². The van der Waals surface area contributed by atoms with Gasteiger partial charge in [-0.2, -0.15) is 10.2 Å². The minimum Gasteiger partial charge on any atom is -0.381 e. The predicted molar refractivity (Wildman–Crippen MR) is 192 cm³/mol. The number of likely N-dealkylation sites (tertiary alicyclic amines) is 1. The molecule has 2 saturated heterocycles. The van der Waals surface area contributed by atoms with Crippen LogP contribution in [-0.2, 0) is 18.7 Å². The number of benzene rings is 3. The third kappa shape index (κ3) is 8.37. The van der Waals surface area contributed by atoms with E-state index in [1.807, 2.05) is 35.2 Å². The number of halogens is 4. The van der Waals surface area contributed by atoms with Crippen LogP contribution in [0.15, 0.2) is 92.2 Å². The Morgan fingerprint density at radius 3 is 2.13 bits per heavy atom. The first-order valence-corrected chi connectivity index (χ1v) is 17.7. The van der Waals surface area contributed by atoms with Crippen molar-refractivity contribution in [1.29, 1.82) is 0 Å². The molecule has 0 saturated carbocycles. The number of aliphatic hydroxyl groups is 1. The average Bonchev–Trinajstić information content (AvgIpc) is 3.98. The average molecular weight is 747 g/mol. The first kappa shape index (κ1) is 36.1. The van der Waals surface area contributed by atoms with Gasteiger partial charge in [0.25, 0.3) is 0 Å². The van der Waals surface area contributed by atoms with E-state index in [9.17, 15) is 23.1 Å². The lowest BCUT2D eigenvalue weighted by molar-refractivity contribution is -0.00856. The molecule has 2 N–H and O–H groups in total. The third-order valence-corrected chi connectivity index (χ3v) is 10.0. The van der Waals surface area contributed by atoms with Crippen molar-refractivity contribution in [2.45, 2.75) is 37.5 Å². The van der Waals surface area contributed by atoms with Gasteiger partial charge in [0.1, 0.15) is 48.4 Å². The molecule has 0 bridgehead atoms. The van der Waals surface area contributed by atoms with Gasteiger partial charge in [0.05, 0.1) is 18.6 Å². The Bertz CT molecular complexity index is 2100. The van der Waals surface area contributed by atoms with Gasteiger partial charge in [-0.05, 0) is 85.9 Å². The molecule has 2 amide bonds. The normalized spacial score (nSPS) is 15.5. The quantitative estimate of drug-likeness (QED) is 0.194. The van der Waals surface area contributed by atoms with E-state index in [0.717, 1.165) is 80.5 Å². The van der Waals surface area contributed by atoms with Crippen LogP contribution in [0.4, 0.5) is 18.0 Å². The molecule has 2 aliphatic rings. The summed E-state index contributed by atoms with van der Waals surface area (Å²) in [6.07, 6.45) is 9.74. The van der Waals surface area contributed by atoms with Gasteiger partial charge < -0.3 is 24.8 Å². The number of aromatic nitrogens is 7. The van der Waals surface area contributed by atoms with Crippen molar-refractivity contribution in [2.75, 3.05) is 39.3 Å². The third-order valence-electron chi connectivity index (χ3n) is 9.77. The molecule has 0 atom stereocenters. The van der Waals surface area contributed by atoms with E-state index in [-0.39, 0.29) is 30.5 Å². The van der Waals surface area contributed by atoms with Gasteiger partial charge in [-0.3, -0.25) is 0 Å². The SMILES string of the molecule is O=C1NCCN1CCN1CCC(c2cn(-c3ccc(F)cc3)c3ccc(Cl)cc23)CC1.OC(Cn1cncn1)(Cn1cncn1)c1ccc(F)cc1F. The number of amides is 2. The predicted octanol–water partition coefficient (Wildman–Crippen LogP) is 5.36. The van der Waals surface area contributed by atoms with E-state index in [0.29, 0.717) is 5.92 Å². The highest BCUT2D eigenvalue weighted by molar-refractivity contribution is 6.31. The number of hydrogen-bond donors (Lipinski definition) is 2. The van der Waals surface area contributed by atoms with Crippen LogP contribution in [0, 0.1) is 17.5 Å². The number of nitrogens with zero attached hydrogens (tertiary/aromatic N) is 9. The molecule has 5 heterocycles. The van der Waals surface area contributed by atoms with Crippen molar-refractivity contribution in [1.82, 2.24) is 49.2 Å². The van der Waals surface area contributed by atoms with Gasteiger partial charge in [-0.25, -0.2) is 37.3 Å². The fourth-order valence-corrected chi connectivity index (χ4v) is 7.25. The van der Waals surface area contributed by atoms with Crippen LogP contribution in [0.5, 0.6) is 0 Å². The fourth-order valence-electron chi connectivity index (χ4n) is 7.07. The van der Waals surface area contributed by atoms with Gasteiger partial charge >= 0.3 is 6.03 Å². The Balaban J connectivity index is 0.000000174. The molecule has 2 fully saturated rings. The molecule has 0 radical (unpaired) electrons. The monoisotopic (exact) mass is 746 g/mol. The zero-order valence-corrected chi connectivity index (χ0v) is 29.5. The van der Waals surface area contributed by atoms with Crippen LogP contribution in [0.2, 0.25) is 5.02 Å². The van der Waals surface area contributed by atoms with Gasteiger partial charge in [-0.15, -0.1) is 0 Å². The van der Waals surface area contributed by atoms with Crippen molar-refractivity contribution in [3.8, 4) is 5.69 Å². The molecule has 16 heteroatoms. The van der Waals surface area contributed by atoms with Crippen LogP contribution < -0.4 is 5.32 Å². The highest BCUT2D eigenvalue weighted by Crippen LogP contribution is 2.37. The molecular weight excluding hydrogens is 709 g/mol. The molecule has 12 nitrogen and oxygen atoms in total. The van der Waals surface area contributed by atoms with E-state index in [4.69, 9.17) is 11.6 Å². The molecule has 0 spiro atoms. The smallest absolute Gasteiger partial charge is 0.317 e. The Labute approximate surface area is 308 Å². The van der Waals surface area contributed by atoms with E-state index in [1.54, 1.807) is 0 Å². The molecular formula is C37H38ClF3N10O2. The van der Waals surface area contributed by atoms with Crippen LogP contribution in [0.1, 0.15) is 29.9 Å². The van der Waals surface area contributed by atoms with Gasteiger partial charge in [0, 0.05) is 60.1 Å². The number of carbonyl (C=O) groups excluding carboxylic acids is 1. The van der Waals surface area contributed by atoms with Crippen molar-refractivity contribution in [3.63, 3.8) is 0 Å². The van der Waals surface area contributed by atoms with Crippen LogP contribution in [-0.4, -0.2) is 94.3 Å². The lowest BCUT2D eigenvalue weighted by Crippen LogP contribution is -2.40. The Kier molecular flexibility index (Phi) is 10.8. The van der Waals surface area contributed by atoms with Crippen LogP contribution in [0.3, 0.4) is 0 Å². The van der Waals surface area contributed by atoms with E-state index >= 15 is 0 Å². The van der Waals surface area contributed by atoms with Crippen molar-refractivity contribution < 1.29 is 23.1 Å². The van der Waals surface area contributed by atoms with E-state index in [2.05, 4.69) is 41.1 Å². The standard InChI is InChI=1S/C24H26ClFN4O.C13H12F2N6O/c25-18-1-6-23-21(15-18)22(16-30(23)20-4-2-19(26)3-5-20)17-7-10-28(11-8-17)13-14-29-12-9-27-24(29)31;14-10-1-2-11(12(15)3-10)13(22,4-20-8-16-6-18-20)5-21-9-17-7-19-21/h1-6,15-17H,7-14H2,(H,27,31);1-3,6-9,22H,4-5H2. The summed E-state index contributed by atoms with van der Waals surface area (Å²) in [6, 6.07) is 15.7. The molecule has 53 heavy (non-hydrogen) atoms. The number of urea groups is 1. The van der Waals surface area contributed by atoms with E-state index in [1.165, 1.54) is 63.8 Å². The number of carbonyl (C=O) groups is 1. The fraction of sp³-hybridized carbons (Fsp3) is 0.324. The number of rotatable bonds is 10. The maximum atomic E-state index is 14.1.